The van der Waals surface area contributed by atoms with E-state index in [1.54, 1.807) is 18.3 Å². The summed E-state index contributed by atoms with van der Waals surface area (Å²) in [6.45, 7) is 0. The quantitative estimate of drug-likeness (QED) is 0.674. The highest BCUT2D eigenvalue weighted by Gasteiger charge is 2.27. The van der Waals surface area contributed by atoms with Gasteiger partial charge >= 0.3 is 5.57 Å². The largest absolute Gasteiger partial charge is 0.487 e. The molecule has 3 aromatic rings. The standard InChI is InChI=1S/C18H12ClF2N3O3/c19-18(20,21)27-15-6-4-13(5-7-15)23-17(26)12-3-8-16(25)24(11-12)14-2-1-9-22-10-14/h1-11H,(H,23,26). The number of nitrogens with one attached hydrogen (secondary N) is 1. The molecule has 3 rings (SSSR count). The molecule has 0 unspecified atom stereocenters. The first-order valence-corrected chi connectivity index (χ1v) is 8.00. The fraction of sp³-hybridized carbons (Fsp3) is 0.0556. The molecule has 0 saturated heterocycles. The summed E-state index contributed by atoms with van der Waals surface area (Å²) >= 11 is 4.69. The molecule has 2 heterocycles. The van der Waals surface area contributed by atoms with Crippen LogP contribution in [0.5, 0.6) is 5.75 Å². The van der Waals surface area contributed by atoms with Crippen molar-refractivity contribution < 1.29 is 18.3 Å². The van der Waals surface area contributed by atoms with Gasteiger partial charge in [0.05, 0.1) is 17.4 Å². The molecule has 9 heteroatoms. The molecule has 1 amide bonds. The number of pyridine rings is 2. The molecular formula is C18H12ClF2N3O3. The van der Waals surface area contributed by atoms with E-state index in [2.05, 4.69) is 15.0 Å². The number of anilines is 1. The summed E-state index contributed by atoms with van der Waals surface area (Å²) in [5.41, 5.74) is -3.04. The Hall–Kier alpha value is -3.26. The zero-order valence-electron chi connectivity index (χ0n) is 13.6. The van der Waals surface area contributed by atoms with E-state index in [1.165, 1.54) is 53.4 Å². The molecule has 0 bridgehead atoms. The number of rotatable bonds is 5. The van der Waals surface area contributed by atoms with E-state index in [-0.39, 0.29) is 16.9 Å². The molecule has 2 aromatic heterocycles. The van der Waals surface area contributed by atoms with Crippen LogP contribution in [-0.4, -0.2) is 21.0 Å². The molecule has 0 saturated carbocycles. The lowest BCUT2D eigenvalue weighted by Crippen LogP contribution is -2.21. The Morgan fingerprint density at radius 2 is 1.89 bits per heavy atom. The van der Waals surface area contributed by atoms with Gasteiger partial charge in [-0.25, -0.2) is 0 Å². The maximum atomic E-state index is 12.6. The van der Waals surface area contributed by atoms with E-state index in [1.807, 2.05) is 0 Å². The number of amides is 1. The second-order valence-electron chi connectivity index (χ2n) is 5.36. The predicted molar refractivity (Wildman–Crippen MR) is 95.7 cm³/mol. The number of carbonyl (C=O) groups is 1. The number of carbonyl (C=O) groups excluding carboxylic acids is 1. The van der Waals surface area contributed by atoms with Gasteiger partial charge in [-0.3, -0.25) is 19.1 Å². The Bertz CT molecular complexity index is 1000. The minimum atomic E-state index is -3.81. The van der Waals surface area contributed by atoms with E-state index in [0.717, 1.165) is 0 Å². The van der Waals surface area contributed by atoms with Crippen molar-refractivity contribution in [1.82, 2.24) is 9.55 Å². The number of benzene rings is 1. The first kappa shape index (κ1) is 18.5. The van der Waals surface area contributed by atoms with Gasteiger partial charge in [-0.15, -0.1) is 8.78 Å². The lowest BCUT2D eigenvalue weighted by Gasteiger charge is -2.11. The van der Waals surface area contributed by atoms with Gasteiger partial charge in [-0.1, -0.05) is 0 Å². The Morgan fingerprint density at radius 1 is 1.15 bits per heavy atom. The van der Waals surface area contributed by atoms with Crippen LogP contribution in [0.3, 0.4) is 0 Å². The molecule has 0 atom stereocenters. The van der Waals surface area contributed by atoms with Crippen molar-refractivity contribution in [2.75, 3.05) is 5.32 Å². The van der Waals surface area contributed by atoms with Gasteiger partial charge in [0.25, 0.3) is 11.5 Å². The van der Waals surface area contributed by atoms with Crippen LogP contribution in [0.15, 0.2) is 71.9 Å². The number of nitrogens with zero attached hydrogens (tertiary/aromatic N) is 2. The summed E-state index contributed by atoms with van der Waals surface area (Å²) in [5.74, 6) is -0.637. The molecule has 27 heavy (non-hydrogen) atoms. The fourth-order valence-corrected chi connectivity index (χ4v) is 2.35. The molecular weight excluding hydrogens is 380 g/mol. The van der Waals surface area contributed by atoms with Crippen molar-refractivity contribution in [3.63, 3.8) is 0 Å². The normalized spacial score (nSPS) is 11.1. The average Bonchev–Trinajstić information content (AvgIpc) is 2.63. The Kier molecular flexibility index (Phi) is 5.18. The third kappa shape index (κ3) is 4.89. The molecule has 6 nitrogen and oxygen atoms in total. The molecule has 0 aliphatic rings. The van der Waals surface area contributed by atoms with Crippen LogP contribution >= 0.6 is 11.6 Å². The van der Waals surface area contributed by atoms with Crippen LogP contribution in [0, 0.1) is 0 Å². The molecule has 138 valence electrons. The minimum Gasteiger partial charge on any atom is -0.420 e. The van der Waals surface area contributed by atoms with Gasteiger partial charge < -0.3 is 10.1 Å². The Labute approximate surface area is 157 Å². The van der Waals surface area contributed by atoms with Crippen LogP contribution in [0.2, 0.25) is 0 Å². The number of alkyl halides is 3. The number of hydrogen-bond acceptors (Lipinski definition) is 4. The number of hydrogen-bond donors (Lipinski definition) is 1. The van der Waals surface area contributed by atoms with Gasteiger partial charge in [0, 0.05) is 35.7 Å². The highest BCUT2D eigenvalue weighted by atomic mass is 35.5. The third-order valence-corrected chi connectivity index (χ3v) is 3.52. The van der Waals surface area contributed by atoms with Crippen LogP contribution < -0.4 is 15.6 Å². The van der Waals surface area contributed by atoms with E-state index < -0.39 is 11.5 Å². The van der Waals surface area contributed by atoms with Gasteiger partial charge in [-0.05, 0) is 42.5 Å². The van der Waals surface area contributed by atoms with Crippen molar-refractivity contribution in [2.45, 2.75) is 5.57 Å². The predicted octanol–water partition coefficient (Wildman–Crippen LogP) is 3.65. The van der Waals surface area contributed by atoms with Crippen molar-refractivity contribution in [3.8, 4) is 11.4 Å². The summed E-state index contributed by atoms with van der Waals surface area (Å²) < 4.78 is 30.7. The third-order valence-electron chi connectivity index (χ3n) is 3.44. The highest BCUT2D eigenvalue weighted by molar-refractivity contribution is 6.20. The SMILES string of the molecule is O=C(Nc1ccc(OC(F)(F)Cl)cc1)c1ccc(=O)n(-c2cccnc2)c1. The molecule has 1 N–H and O–H groups in total. The van der Waals surface area contributed by atoms with E-state index in [4.69, 9.17) is 11.6 Å². The molecule has 0 fully saturated rings. The summed E-state index contributed by atoms with van der Waals surface area (Å²) in [4.78, 5) is 28.4. The van der Waals surface area contributed by atoms with E-state index >= 15 is 0 Å². The number of ether oxygens (including phenoxy) is 1. The van der Waals surface area contributed by atoms with Crippen LogP contribution in [0.4, 0.5) is 14.5 Å². The summed E-state index contributed by atoms with van der Waals surface area (Å²) in [5, 5.41) is 2.60. The monoisotopic (exact) mass is 391 g/mol. The van der Waals surface area contributed by atoms with Crippen molar-refractivity contribution in [2.24, 2.45) is 0 Å². The first-order chi connectivity index (χ1) is 12.8. The highest BCUT2D eigenvalue weighted by Crippen LogP contribution is 2.26. The number of halogens is 3. The molecule has 0 spiro atoms. The van der Waals surface area contributed by atoms with Gasteiger partial charge in [-0.2, -0.15) is 0 Å². The van der Waals surface area contributed by atoms with E-state index in [0.29, 0.717) is 11.4 Å². The summed E-state index contributed by atoms with van der Waals surface area (Å²) in [7, 11) is 0. The van der Waals surface area contributed by atoms with Gasteiger partial charge in [0.15, 0.2) is 0 Å². The Balaban J connectivity index is 1.78. The van der Waals surface area contributed by atoms with Gasteiger partial charge in [0.1, 0.15) is 5.75 Å². The number of aromatic nitrogens is 2. The summed E-state index contributed by atoms with van der Waals surface area (Å²) in [6.07, 6.45) is 4.45. The van der Waals surface area contributed by atoms with E-state index in [9.17, 15) is 18.4 Å². The zero-order chi connectivity index (χ0) is 19.4. The zero-order valence-corrected chi connectivity index (χ0v) is 14.4. The van der Waals surface area contributed by atoms with Crippen LogP contribution in [-0.2, 0) is 0 Å². The van der Waals surface area contributed by atoms with Crippen molar-refractivity contribution in [3.05, 3.63) is 83.0 Å². The van der Waals surface area contributed by atoms with Gasteiger partial charge in [0.2, 0.25) is 0 Å². The maximum absolute atomic E-state index is 12.6. The lowest BCUT2D eigenvalue weighted by atomic mass is 10.2. The summed E-state index contributed by atoms with van der Waals surface area (Å²) in [6, 6.07) is 11.2. The molecule has 0 radical (unpaired) electrons. The topological polar surface area (TPSA) is 73.2 Å². The maximum Gasteiger partial charge on any atom is 0.487 e. The average molecular weight is 392 g/mol. The van der Waals surface area contributed by atoms with Crippen LogP contribution in [0.1, 0.15) is 10.4 Å². The smallest absolute Gasteiger partial charge is 0.420 e. The van der Waals surface area contributed by atoms with Crippen molar-refractivity contribution >= 4 is 23.2 Å². The first-order valence-electron chi connectivity index (χ1n) is 7.62. The second kappa shape index (κ2) is 7.55. The van der Waals surface area contributed by atoms with Crippen molar-refractivity contribution in [1.29, 1.82) is 0 Å². The molecule has 1 aromatic carbocycles. The Morgan fingerprint density at radius 3 is 2.52 bits per heavy atom. The minimum absolute atomic E-state index is 0.155. The fourth-order valence-electron chi connectivity index (χ4n) is 2.26. The second-order valence-corrected chi connectivity index (χ2v) is 5.80. The molecule has 0 aliphatic carbocycles. The lowest BCUT2D eigenvalue weighted by molar-refractivity contribution is -0.0964. The van der Waals surface area contributed by atoms with Crippen LogP contribution in [0.25, 0.3) is 5.69 Å². The molecule has 0 aliphatic heterocycles.